The number of hydrogen-bond donors (Lipinski definition) is 1. The second kappa shape index (κ2) is 8.03. The predicted octanol–water partition coefficient (Wildman–Crippen LogP) is 3.31. The molecule has 112 valence electrons. The summed E-state index contributed by atoms with van der Waals surface area (Å²) in [5.41, 5.74) is 7.93. The Morgan fingerprint density at radius 1 is 1.14 bits per heavy atom. The van der Waals surface area contributed by atoms with Gasteiger partial charge in [0.2, 0.25) is 0 Å². The molecule has 3 nitrogen and oxygen atoms in total. The molecule has 2 rings (SSSR count). The average molecular weight is 305 g/mol. The second-order valence-corrected chi connectivity index (χ2v) is 5.46. The normalized spacial score (nSPS) is 10.9. The van der Waals surface area contributed by atoms with Crippen molar-refractivity contribution in [2.45, 2.75) is 13.1 Å². The largest absolute Gasteiger partial charge is 0.492 e. The van der Waals surface area contributed by atoms with E-state index in [-0.39, 0.29) is 0 Å². The van der Waals surface area contributed by atoms with Crippen molar-refractivity contribution in [3.05, 3.63) is 64.7 Å². The van der Waals surface area contributed by atoms with E-state index in [1.165, 1.54) is 5.56 Å². The van der Waals surface area contributed by atoms with Crippen LogP contribution in [0.4, 0.5) is 0 Å². The van der Waals surface area contributed by atoms with E-state index in [1.54, 1.807) is 0 Å². The highest BCUT2D eigenvalue weighted by Crippen LogP contribution is 2.17. The van der Waals surface area contributed by atoms with Crippen LogP contribution in [0, 0.1) is 0 Å². The minimum absolute atomic E-state index is 0.495. The number of nitrogens with two attached hydrogens (primary N) is 1. The first kappa shape index (κ1) is 15.8. The molecule has 21 heavy (non-hydrogen) atoms. The summed E-state index contributed by atoms with van der Waals surface area (Å²) in [5, 5.41) is 0.772. The van der Waals surface area contributed by atoms with Crippen LogP contribution in [0.5, 0.6) is 5.75 Å². The molecule has 0 bridgehead atoms. The van der Waals surface area contributed by atoms with Crippen LogP contribution in [-0.2, 0) is 13.1 Å². The molecule has 0 unspecified atom stereocenters. The highest BCUT2D eigenvalue weighted by molar-refractivity contribution is 6.30. The first-order chi connectivity index (χ1) is 10.2. The number of hydrogen-bond acceptors (Lipinski definition) is 3. The van der Waals surface area contributed by atoms with Crippen molar-refractivity contribution in [1.82, 2.24) is 4.90 Å². The molecule has 0 spiro atoms. The van der Waals surface area contributed by atoms with Crippen LogP contribution in [-0.4, -0.2) is 25.1 Å². The van der Waals surface area contributed by atoms with Crippen molar-refractivity contribution < 1.29 is 4.74 Å². The number of ether oxygens (including phenoxy) is 1. The first-order valence-corrected chi connectivity index (χ1v) is 7.40. The Morgan fingerprint density at radius 3 is 2.71 bits per heavy atom. The van der Waals surface area contributed by atoms with Gasteiger partial charge in [0.05, 0.1) is 0 Å². The third-order valence-corrected chi connectivity index (χ3v) is 3.50. The molecule has 0 aliphatic heterocycles. The molecule has 0 heterocycles. The van der Waals surface area contributed by atoms with Gasteiger partial charge in [-0.15, -0.1) is 0 Å². The topological polar surface area (TPSA) is 38.5 Å². The minimum atomic E-state index is 0.495. The summed E-state index contributed by atoms with van der Waals surface area (Å²) in [7, 11) is 2.07. The summed E-state index contributed by atoms with van der Waals surface area (Å²) in [6.07, 6.45) is 0. The Labute approximate surface area is 131 Å². The van der Waals surface area contributed by atoms with E-state index < -0.39 is 0 Å². The van der Waals surface area contributed by atoms with Gasteiger partial charge < -0.3 is 10.5 Å². The zero-order valence-electron chi connectivity index (χ0n) is 12.3. The molecule has 0 aromatic heterocycles. The van der Waals surface area contributed by atoms with E-state index in [2.05, 4.69) is 18.0 Å². The fourth-order valence-electron chi connectivity index (χ4n) is 2.15. The van der Waals surface area contributed by atoms with Crippen LogP contribution >= 0.6 is 11.6 Å². The zero-order chi connectivity index (χ0) is 15.1. The molecule has 0 saturated carbocycles. The maximum atomic E-state index is 5.99. The highest BCUT2D eigenvalue weighted by atomic mass is 35.5. The number of likely N-dealkylation sites (N-methyl/N-ethyl adjacent to an activating group) is 1. The van der Waals surface area contributed by atoms with Crippen molar-refractivity contribution in [3.8, 4) is 5.75 Å². The van der Waals surface area contributed by atoms with Gasteiger partial charge in [0.25, 0.3) is 0 Å². The summed E-state index contributed by atoms with van der Waals surface area (Å²) < 4.78 is 5.81. The molecule has 0 saturated heterocycles. The molecular formula is C17H21ClN2O. The van der Waals surface area contributed by atoms with E-state index in [9.17, 15) is 0 Å². The van der Waals surface area contributed by atoms with Crippen molar-refractivity contribution in [1.29, 1.82) is 0 Å². The Hall–Kier alpha value is -1.55. The quantitative estimate of drug-likeness (QED) is 0.853. The van der Waals surface area contributed by atoms with Crippen LogP contribution in [0.2, 0.25) is 5.02 Å². The van der Waals surface area contributed by atoms with Gasteiger partial charge in [-0.2, -0.15) is 0 Å². The van der Waals surface area contributed by atoms with Crippen LogP contribution in [0.3, 0.4) is 0 Å². The molecule has 0 amide bonds. The Morgan fingerprint density at radius 2 is 1.95 bits per heavy atom. The molecule has 0 radical (unpaired) electrons. The Kier molecular flexibility index (Phi) is 6.05. The summed E-state index contributed by atoms with van der Waals surface area (Å²) in [4.78, 5) is 2.21. The summed E-state index contributed by atoms with van der Waals surface area (Å²) in [6, 6.07) is 15.8. The maximum absolute atomic E-state index is 5.99. The molecule has 0 atom stereocenters. The fourth-order valence-corrected chi connectivity index (χ4v) is 2.36. The fraction of sp³-hybridized carbons (Fsp3) is 0.294. The smallest absolute Gasteiger partial charge is 0.123 e. The molecule has 2 aromatic rings. The predicted molar refractivity (Wildman–Crippen MR) is 87.6 cm³/mol. The molecule has 0 fully saturated rings. The minimum Gasteiger partial charge on any atom is -0.492 e. The van der Waals surface area contributed by atoms with Gasteiger partial charge in [0.15, 0.2) is 0 Å². The van der Waals surface area contributed by atoms with Crippen molar-refractivity contribution in [3.63, 3.8) is 0 Å². The van der Waals surface area contributed by atoms with Crippen LogP contribution in [0.15, 0.2) is 48.5 Å². The van der Waals surface area contributed by atoms with Gasteiger partial charge in [0.1, 0.15) is 12.4 Å². The van der Waals surface area contributed by atoms with E-state index >= 15 is 0 Å². The van der Waals surface area contributed by atoms with Gasteiger partial charge >= 0.3 is 0 Å². The van der Waals surface area contributed by atoms with Gasteiger partial charge in [0, 0.05) is 30.2 Å². The van der Waals surface area contributed by atoms with Gasteiger partial charge in [-0.25, -0.2) is 0 Å². The Balaban J connectivity index is 1.80. The molecule has 2 N–H and O–H groups in total. The third-order valence-electron chi connectivity index (χ3n) is 3.26. The van der Waals surface area contributed by atoms with Gasteiger partial charge in [-0.3, -0.25) is 4.90 Å². The van der Waals surface area contributed by atoms with Crippen LogP contribution in [0.25, 0.3) is 0 Å². The number of benzene rings is 2. The number of rotatable bonds is 7. The van der Waals surface area contributed by atoms with Crippen LogP contribution < -0.4 is 10.5 Å². The average Bonchev–Trinajstić information content (AvgIpc) is 2.47. The lowest BCUT2D eigenvalue weighted by atomic mass is 10.2. The lowest BCUT2D eigenvalue weighted by Crippen LogP contribution is -2.24. The molecule has 0 aliphatic carbocycles. The molecule has 0 aliphatic rings. The van der Waals surface area contributed by atoms with E-state index in [4.69, 9.17) is 22.1 Å². The van der Waals surface area contributed by atoms with Crippen molar-refractivity contribution >= 4 is 11.6 Å². The van der Waals surface area contributed by atoms with E-state index in [1.807, 2.05) is 42.5 Å². The molecule has 4 heteroatoms. The third kappa shape index (κ3) is 5.05. The molecule has 2 aromatic carbocycles. The second-order valence-electron chi connectivity index (χ2n) is 5.03. The summed E-state index contributed by atoms with van der Waals surface area (Å²) in [6.45, 7) is 2.82. The van der Waals surface area contributed by atoms with Gasteiger partial charge in [-0.05, 0) is 30.8 Å². The lowest BCUT2D eigenvalue weighted by molar-refractivity contribution is 0.231. The summed E-state index contributed by atoms with van der Waals surface area (Å²) in [5.74, 6) is 0.871. The van der Waals surface area contributed by atoms with E-state index in [0.717, 1.165) is 29.4 Å². The Bertz CT molecular complexity index is 574. The van der Waals surface area contributed by atoms with Crippen LogP contribution in [0.1, 0.15) is 11.1 Å². The SMILES string of the molecule is CN(CCOc1ccccc1CN)Cc1cccc(Cl)c1. The number of para-hydroxylation sites is 1. The zero-order valence-corrected chi connectivity index (χ0v) is 13.0. The molecular weight excluding hydrogens is 284 g/mol. The van der Waals surface area contributed by atoms with Gasteiger partial charge in [-0.1, -0.05) is 41.9 Å². The monoisotopic (exact) mass is 304 g/mol. The maximum Gasteiger partial charge on any atom is 0.123 e. The standard InChI is InChI=1S/C17H21ClN2O/c1-20(13-14-5-4-7-16(18)11-14)9-10-21-17-8-3-2-6-15(17)12-19/h2-8,11H,9-10,12-13,19H2,1H3. The lowest BCUT2D eigenvalue weighted by Gasteiger charge is -2.18. The summed E-state index contributed by atoms with van der Waals surface area (Å²) >= 11 is 5.99. The number of nitrogens with zero attached hydrogens (tertiary/aromatic N) is 1. The van der Waals surface area contributed by atoms with Crippen molar-refractivity contribution in [2.24, 2.45) is 5.73 Å². The highest BCUT2D eigenvalue weighted by Gasteiger charge is 2.04. The number of halogens is 1. The van der Waals surface area contributed by atoms with Crippen molar-refractivity contribution in [2.75, 3.05) is 20.2 Å². The first-order valence-electron chi connectivity index (χ1n) is 7.03. The van der Waals surface area contributed by atoms with E-state index in [0.29, 0.717) is 13.2 Å².